The van der Waals surface area contributed by atoms with Crippen molar-refractivity contribution in [2.75, 3.05) is 26.2 Å². The highest BCUT2D eigenvalue weighted by Crippen LogP contribution is 2.29. The fourth-order valence-corrected chi connectivity index (χ4v) is 4.65. The van der Waals surface area contributed by atoms with Crippen LogP contribution in [0.2, 0.25) is 0 Å². The van der Waals surface area contributed by atoms with Crippen molar-refractivity contribution in [3.63, 3.8) is 0 Å². The molecule has 2 aliphatic heterocycles. The van der Waals surface area contributed by atoms with Gasteiger partial charge in [-0.25, -0.2) is 0 Å². The number of nitrogens with zero attached hydrogens (tertiary/aromatic N) is 2. The van der Waals surface area contributed by atoms with Gasteiger partial charge in [0.25, 0.3) is 0 Å². The lowest BCUT2D eigenvalue weighted by molar-refractivity contribution is -0.131. The molecule has 0 bridgehead atoms. The minimum atomic E-state index is 0.0408. The second-order valence-corrected chi connectivity index (χ2v) is 8.39. The summed E-state index contributed by atoms with van der Waals surface area (Å²) in [5, 5.41) is 0. The van der Waals surface area contributed by atoms with Gasteiger partial charge in [0.05, 0.1) is 0 Å². The molecular formula is C24H31N3O. The summed E-state index contributed by atoms with van der Waals surface area (Å²) in [5.41, 5.74) is 8.98. The van der Waals surface area contributed by atoms with E-state index >= 15 is 0 Å². The number of benzene rings is 2. The van der Waals surface area contributed by atoms with Gasteiger partial charge in [-0.1, -0.05) is 60.7 Å². The maximum atomic E-state index is 12.9. The topological polar surface area (TPSA) is 49.6 Å². The van der Waals surface area contributed by atoms with Gasteiger partial charge in [0.15, 0.2) is 0 Å². The molecule has 2 N–H and O–H groups in total. The van der Waals surface area contributed by atoms with Crippen molar-refractivity contribution in [1.29, 1.82) is 0 Å². The maximum Gasteiger partial charge on any atom is 0.222 e. The van der Waals surface area contributed by atoms with Gasteiger partial charge in [-0.05, 0) is 43.0 Å². The first-order valence-electron chi connectivity index (χ1n) is 10.5. The molecule has 4 rings (SSSR count). The van der Waals surface area contributed by atoms with Crippen LogP contribution in [-0.4, -0.2) is 47.9 Å². The minimum absolute atomic E-state index is 0.0408. The van der Waals surface area contributed by atoms with Gasteiger partial charge in [0.2, 0.25) is 5.91 Å². The Morgan fingerprint density at radius 2 is 1.57 bits per heavy atom. The fraction of sp³-hybridized carbons (Fsp3) is 0.458. The zero-order chi connectivity index (χ0) is 19.3. The molecule has 0 radical (unpaired) electrons. The second-order valence-electron chi connectivity index (χ2n) is 8.39. The average molecular weight is 378 g/mol. The van der Waals surface area contributed by atoms with Crippen molar-refractivity contribution in [1.82, 2.24) is 9.80 Å². The van der Waals surface area contributed by atoms with Crippen LogP contribution in [0.3, 0.4) is 0 Å². The summed E-state index contributed by atoms with van der Waals surface area (Å²) in [6.07, 6.45) is 2.90. The molecule has 0 aromatic heterocycles. The Balaban J connectivity index is 1.25. The number of carbonyl (C=O) groups excluding carboxylic acids is 1. The lowest BCUT2D eigenvalue weighted by atomic mass is 9.92. The van der Waals surface area contributed by atoms with Gasteiger partial charge in [0.1, 0.15) is 0 Å². The molecule has 4 heteroatoms. The van der Waals surface area contributed by atoms with Crippen LogP contribution in [0, 0.1) is 5.92 Å². The first-order valence-corrected chi connectivity index (χ1v) is 10.5. The summed E-state index contributed by atoms with van der Waals surface area (Å²) in [5.74, 6) is 1.06. The third-order valence-electron chi connectivity index (χ3n) is 6.36. The Bertz CT molecular complexity index is 756. The third-order valence-corrected chi connectivity index (χ3v) is 6.36. The average Bonchev–Trinajstić information content (AvgIpc) is 3.13. The van der Waals surface area contributed by atoms with Crippen molar-refractivity contribution < 1.29 is 4.79 Å². The minimum Gasteiger partial charge on any atom is -0.340 e. The van der Waals surface area contributed by atoms with E-state index in [1.807, 2.05) is 11.0 Å². The van der Waals surface area contributed by atoms with Crippen LogP contribution in [0.5, 0.6) is 0 Å². The molecule has 0 aliphatic carbocycles. The number of likely N-dealkylation sites (tertiary alicyclic amines) is 2. The Morgan fingerprint density at radius 1 is 0.929 bits per heavy atom. The number of rotatable bonds is 5. The monoisotopic (exact) mass is 377 g/mol. The fourth-order valence-electron chi connectivity index (χ4n) is 4.65. The summed E-state index contributed by atoms with van der Waals surface area (Å²) in [6.45, 7) is 4.63. The molecule has 1 amide bonds. The lowest BCUT2D eigenvalue weighted by Crippen LogP contribution is -2.37. The molecule has 2 unspecified atom stereocenters. The number of hydrogen-bond donors (Lipinski definition) is 1. The van der Waals surface area contributed by atoms with Crippen LogP contribution >= 0.6 is 0 Å². The van der Waals surface area contributed by atoms with Gasteiger partial charge in [0, 0.05) is 38.0 Å². The zero-order valence-electron chi connectivity index (χ0n) is 16.5. The van der Waals surface area contributed by atoms with Crippen LogP contribution in [0.15, 0.2) is 60.7 Å². The van der Waals surface area contributed by atoms with Crippen molar-refractivity contribution in [2.24, 2.45) is 11.7 Å². The number of hydrogen-bond acceptors (Lipinski definition) is 3. The standard InChI is InChI=1S/C24H31N3O/c25-23-18-27(17-22(23)21-9-5-2-6-10-21)24(28)15-19-11-13-26(14-12-19)16-20-7-3-1-4-8-20/h1-10,19,22-23H,11-18,25H2. The largest absolute Gasteiger partial charge is 0.340 e. The molecule has 2 aromatic carbocycles. The van der Waals surface area contributed by atoms with E-state index in [0.29, 0.717) is 18.9 Å². The van der Waals surface area contributed by atoms with Crippen molar-refractivity contribution >= 4 is 5.91 Å². The molecule has 4 nitrogen and oxygen atoms in total. The molecule has 2 heterocycles. The van der Waals surface area contributed by atoms with Gasteiger partial charge in [-0.15, -0.1) is 0 Å². The van der Waals surface area contributed by atoms with Crippen molar-refractivity contribution in [3.8, 4) is 0 Å². The molecular weight excluding hydrogens is 346 g/mol. The van der Waals surface area contributed by atoms with Crippen LogP contribution in [0.25, 0.3) is 0 Å². The number of piperidine rings is 1. The number of carbonyl (C=O) groups is 1. The SMILES string of the molecule is NC1CN(C(=O)CC2CCN(Cc3ccccc3)CC2)CC1c1ccccc1. The predicted octanol–water partition coefficient (Wildman–Crippen LogP) is 3.24. The van der Waals surface area contributed by atoms with Crippen molar-refractivity contribution in [2.45, 2.75) is 37.8 Å². The van der Waals surface area contributed by atoms with E-state index in [9.17, 15) is 4.79 Å². The van der Waals surface area contributed by atoms with E-state index < -0.39 is 0 Å². The van der Waals surface area contributed by atoms with Gasteiger partial charge in [-0.2, -0.15) is 0 Å². The lowest BCUT2D eigenvalue weighted by Gasteiger charge is -2.32. The Morgan fingerprint density at radius 3 is 2.25 bits per heavy atom. The molecule has 28 heavy (non-hydrogen) atoms. The Kier molecular flexibility index (Phi) is 6.08. The molecule has 0 saturated carbocycles. The zero-order valence-corrected chi connectivity index (χ0v) is 16.5. The van der Waals surface area contributed by atoms with Crippen LogP contribution < -0.4 is 5.73 Å². The second kappa shape index (κ2) is 8.89. The summed E-state index contributed by atoms with van der Waals surface area (Å²) in [4.78, 5) is 17.4. The smallest absolute Gasteiger partial charge is 0.222 e. The highest BCUT2D eigenvalue weighted by atomic mass is 16.2. The van der Waals surface area contributed by atoms with Crippen molar-refractivity contribution in [3.05, 3.63) is 71.8 Å². The summed E-state index contributed by atoms with van der Waals surface area (Å²) in [6, 6.07) is 21.1. The quantitative estimate of drug-likeness (QED) is 0.870. The Hall–Kier alpha value is -2.17. The summed E-state index contributed by atoms with van der Waals surface area (Å²) in [7, 11) is 0. The number of nitrogens with two attached hydrogens (primary N) is 1. The first kappa shape index (κ1) is 19.2. The van der Waals surface area contributed by atoms with E-state index in [-0.39, 0.29) is 17.9 Å². The van der Waals surface area contributed by atoms with Crippen LogP contribution in [0.1, 0.15) is 36.3 Å². The first-order chi connectivity index (χ1) is 13.7. The highest BCUT2D eigenvalue weighted by Gasteiger charge is 2.34. The van der Waals surface area contributed by atoms with Crippen LogP contribution in [0.4, 0.5) is 0 Å². The highest BCUT2D eigenvalue weighted by molar-refractivity contribution is 5.77. The summed E-state index contributed by atoms with van der Waals surface area (Å²) < 4.78 is 0. The van der Waals surface area contributed by atoms with Crippen LogP contribution in [-0.2, 0) is 11.3 Å². The molecule has 2 aromatic rings. The maximum absolute atomic E-state index is 12.9. The normalized spacial score (nSPS) is 23.8. The molecule has 2 aliphatic rings. The number of amides is 1. The van der Waals surface area contributed by atoms with Gasteiger partial charge < -0.3 is 10.6 Å². The summed E-state index contributed by atoms with van der Waals surface area (Å²) >= 11 is 0. The third kappa shape index (κ3) is 4.62. The van der Waals surface area contributed by atoms with E-state index in [1.54, 1.807) is 0 Å². The molecule has 2 atom stereocenters. The van der Waals surface area contributed by atoms with E-state index in [0.717, 1.165) is 39.0 Å². The van der Waals surface area contributed by atoms with Gasteiger partial charge >= 0.3 is 0 Å². The molecule has 2 saturated heterocycles. The van der Waals surface area contributed by atoms with Gasteiger partial charge in [-0.3, -0.25) is 9.69 Å². The molecule has 2 fully saturated rings. The molecule has 148 valence electrons. The predicted molar refractivity (Wildman–Crippen MR) is 113 cm³/mol. The Labute approximate surface area is 168 Å². The van der Waals surface area contributed by atoms with E-state index in [2.05, 4.69) is 59.5 Å². The van der Waals surface area contributed by atoms with E-state index in [1.165, 1.54) is 11.1 Å². The molecule has 0 spiro atoms. The van der Waals surface area contributed by atoms with E-state index in [4.69, 9.17) is 5.73 Å².